The van der Waals surface area contributed by atoms with Crippen molar-refractivity contribution in [1.29, 1.82) is 0 Å². The van der Waals surface area contributed by atoms with Crippen molar-refractivity contribution in [3.63, 3.8) is 0 Å². The van der Waals surface area contributed by atoms with E-state index in [0.29, 0.717) is 0 Å². The summed E-state index contributed by atoms with van der Waals surface area (Å²) in [5.41, 5.74) is 5.75. The summed E-state index contributed by atoms with van der Waals surface area (Å²) in [6.07, 6.45) is 1.68. The third kappa shape index (κ3) is 3.76. The molecule has 31 heavy (non-hydrogen) atoms. The first-order valence-corrected chi connectivity index (χ1v) is 10.1. The molecule has 0 aliphatic heterocycles. The van der Waals surface area contributed by atoms with E-state index in [9.17, 15) is 0 Å². The fourth-order valence-electron chi connectivity index (χ4n) is 3.69. The summed E-state index contributed by atoms with van der Waals surface area (Å²) < 4.78 is 16.9. The molecule has 5 aromatic rings. The van der Waals surface area contributed by atoms with Crippen molar-refractivity contribution in [2.24, 2.45) is 4.99 Å². The van der Waals surface area contributed by atoms with Crippen molar-refractivity contribution in [3.05, 3.63) is 126 Å². The van der Waals surface area contributed by atoms with E-state index in [2.05, 4.69) is 11.2 Å². The Morgan fingerprint density at radius 3 is 2.13 bits per heavy atom. The Morgan fingerprint density at radius 1 is 0.806 bits per heavy atom. The van der Waals surface area contributed by atoms with E-state index in [1.165, 1.54) is 6.07 Å². The molecule has 0 aliphatic rings. The summed E-state index contributed by atoms with van der Waals surface area (Å²) in [7, 11) is 0. The van der Waals surface area contributed by atoms with Gasteiger partial charge in [0.15, 0.2) is 0 Å². The van der Waals surface area contributed by atoms with E-state index in [-0.39, 0.29) is 11.5 Å². The Kier molecular flexibility index (Phi) is 4.89. The topological polar surface area (TPSA) is 30.2 Å². The van der Waals surface area contributed by atoms with Gasteiger partial charge in [-0.25, -0.2) is 14.1 Å². The highest BCUT2D eigenvalue weighted by atomic mass is 19.1. The fraction of sp³-hybridized carbons (Fsp3) is 0.0370. The molecule has 4 aromatic carbocycles. The first-order chi connectivity index (χ1) is 15.2. The summed E-state index contributed by atoms with van der Waals surface area (Å²) in [4.78, 5) is 4.78. The maximum atomic E-state index is 15.0. The molecule has 3 nitrogen and oxygen atoms in total. The zero-order chi connectivity index (χ0) is 21.2. The largest absolute Gasteiger partial charge is 0.245 e. The Bertz CT molecular complexity index is 1340. The second-order valence-electron chi connectivity index (χ2n) is 7.45. The van der Waals surface area contributed by atoms with E-state index >= 15 is 4.39 Å². The van der Waals surface area contributed by atoms with Crippen molar-refractivity contribution in [3.8, 4) is 5.69 Å². The molecule has 0 atom stereocenters. The predicted octanol–water partition coefficient (Wildman–Crippen LogP) is 6.64. The average Bonchev–Trinajstić information content (AvgIpc) is 3.21. The van der Waals surface area contributed by atoms with Crippen LogP contribution in [0.4, 0.5) is 10.1 Å². The molecule has 0 saturated carbocycles. The maximum Gasteiger partial charge on any atom is 0.149 e. The molecule has 0 amide bonds. The lowest BCUT2D eigenvalue weighted by Gasteiger charge is -2.09. The maximum absolute atomic E-state index is 15.0. The van der Waals surface area contributed by atoms with Gasteiger partial charge in [-0.1, -0.05) is 72.8 Å². The van der Waals surface area contributed by atoms with E-state index < -0.39 is 0 Å². The summed E-state index contributed by atoms with van der Waals surface area (Å²) in [5.74, 6) is -0.374. The van der Waals surface area contributed by atoms with Crippen LogP contribution in [0.1, 0.15) is 16.7 Å². The van der Waals surface area contributed by atoms with E-state index in [0.717, 1.165) is 39.0 Å². The van der Waals surface area contributed by atoms with Crippen LogP contribution in [0.3, 0.4) is 0 Å². The number of rotatable bonds is 4. The molecule has 150 valence electrons. The number of fused-ring (bicyclic) bond motifs is 1. The second kappa shape index (κ2) is 8.00. The summed E-state index contributed by atoms with van der Waals surface area (Å²) in [6, 6.07) is 31.0. The first kappa shape index (κ1) is 18.9. The SMILES string of the molecule is Cc1cccc(-n2ncc3cc(F)c(N=C(c4ccccc4)c4ccccc4)cc32)c1. The van der Waals surface area contributed by atoms with Crippen LogP contribution in [-0.4, -0.2) is 15.5 Å². The van der Waals surface area contributed by atoms with Gasteiger partial charge in [0.05, 0.1) is 23.1 Å². The number of benzene rings is 4. The number of halogens is 1. The van der Waals surface area contributed by atoms with Gasteiger partial charge in [0.1, 0.15) is 11.5 Å². The lowest BCUT2D eigenvalue weighted by atomic mass is 10.0. The standard InChI is InChI=1S/C27H20FN3/c1-19-9-8-14-23(15-19)31-26-17-25(24(28)16-22(26)18-29-31)30-27(20-10-4-2-5-11-20)21-12-6-3-7-13-21/h2-18H,1H3. The molecule has 1 aromatic heterocycles. The highest BCUT2D eigenvalue weighted by molar-refractivity contribution is 6.14. The molecule has 0 spiro atoms. The molecular weight excluding hydrogens is 385 g/mol. The van der Waals surface area contributed by atoms with Gasteiger partial charge >= 0.3 is 0 Å². The van der Waals surface area contributed by atoms with Gasteiger partial charge in [-0.2, -0.15) is 5.10 Å². The molecule has 4 heteroatoms. The molecule has 0 aliphatic carbocycles. The first-order valence-electron chi connectivity index (χ1n) is 10.1. The second-order valence-corrected chi connectivity index (χ2v) is 7.45. The highest BCUT2D eigenvalue weighted by Crippen LogP contribution is 2.28. The average molecular weight is 405 g/mol. The predicted molar refractivity (Wildman–Crippen MR) is 124 cm³/mol. The molecule has 0 saturated heterocycles. The van der Waals surface area contributed by atoms with Crippen LogP contribution < -0.4 is 0 Å². The fourth-order valence-corrected chi connectivity index (χ4v) is 3.69. The quantitative estimate of drug-likeness (QED) is 0.308. The van der Waals surface area contributed by atoms with Crippen LogP contribution in [-0.2, 0) is 0 Å². The van der Waals surface area contributed by atoms with Crippen molar-refractivity contribution in [2.45, 2.75) is 6.92 Å². The van der Waals surface area contributed by atoms with Crippen molar-refractivity contribution in [1.82, 2.24) is 9.78 Å². The number of nitrogens with zero attached hydrogens (tertiary/aromatic N) is 3. The molecular formula is C27H20FN3. The Hall–Kier alpha value is -4.05. The number of hydrogen-bond donors (Lipinski definition) is 0. The van der Waals surface area contributed by atoms with Crippen molar-refractivity contribution < 1.29 is 4.39 Å². The molecule has 0 N–H and O–H groups in total. The lowest BCUT2D eigenvalue weighted by Crippen LogP contribution is -2.03. The highest BCUT2D eigenvalue weighted by Gasteiger charge is 2.13. The molecule has 1 heterocycles. The van der Waals surface area contributed by atoms with Gasteiger partial charge in [0.2, 0.25) is 0 Å². The number of hydrogen-bond acceptors (Lipinski definition) is 2. The third-order valence-corrected chi connectivity index (χ3v) is 5.21. The molecule has 5 rings (SSSR count). The molecule has 0 bridgehead atoms. The Labute approximate surface area is 180 Å². The van der Waals surface area contributed by atoms with E-state index in [4.69, 9.17) is 4.99 Å². The monoisotopic (exact) mass is 405 g/mol. The van der Waals surface area contributed by atoms with Crippen LogP contribution in [0.5, 0.6) is 0 Å². The van der Waals surface area contributed by atoms with Crippen molar-refractivity contribution >= 4 is 22.3 Å². The van der Waals surface area contributed by atoms with E-state index in [1.54, 1.807) is 12.3 Å². The van der Waals surface area contributed by atoms with Gasteiger partial charge in [-0.15, -0.1) is 0 Å². The van der Waals surface area contributed by atoms with Crippen LogP contribution in [0.25, 0.3) is 16.6 Å². The minimum atomic E-state index is -0.374. The summed E-state index contributed by atoms with van der Waals surface area (Å²) >= 11 is 0. The molecule has 0 unspecified atom stereocenters. The molecule has 0 fully saturated rings. The van der Waals surface area contributed by atoms with Gasteiger partial charge in [0, 0.05) is 16.5 Å². The number of aliphatic imine (C=N–C) groups is 1. The van der Waals surface area contributed by atoms with Crippen molar-refractivity contribution in [2.75, 3.05) is 0 Å². The van der Waals surface area contributed by atoms with Crippen LogP contribution in [0.15, 0.2) is 108 Å². The Morgan fingerprint density at radius 2 is 1.48 bits per heavy atom. The number of aromatic nitrogens is 2. The third-order valence-electron chi connectivity index (χ3n) is 5.21. The van der Waals surface area contributed by atoms with Crippen LogP contribution >= 0.6 is 0 Å². The smallest absolute Gasteiger partial charge is 0.149 e. The minimum Gasteiger partial charge on any atom is -0.245 e. The van der Waals surface area contributed by atoms with Gasteiger partial charge < -0.3 is 0 Å². The van der Waals surface area contributed by atoms with Gasteiger partial charge in [-0.3, -0.25) is 0 Å². The van der Waals surface area contributed by atoms with Crippen LogP contribution in [0.2, 0.25) is 0 Å². The van der Waals surface area contributed by atoms with Crippen LogP contribution in [0, 0.1) is 12.7 Å². The molecule has 0 radical (unpaired) electrons. The minimum absolute atomic E-state index is 0.282. The summed E-state index contributed by atoms with van der Waals surface area (Å²) in [6.45, 7) is 2.04. The van der Waals surface area contributed by atoms with Gasteiger partial charge in [-0.05, 0) is 36.8 Å². The van der Waals surface area contributed by atoms with E-state index in [1.807, 2.05) is 90.5 Å². The lowest BCUT2D eigenvalue weighted by molar-refractivity contribution is 0.631. The normalized spacial score (nSPS) is 10.9. The zero-order valence-electron chi connectivity index (χ0n) is 17.0. The Balaban J connectivity index is 1.70. The number of aryl methyl sites for hydroxylation is 1. The summed E-state index contributed by atoms with van der Waals surface area (Å²) in [5, 5.41) is 5.22. The zero-order valence-corrected chi connectivity index (χ0v) is 17.0. The van der Waals surface area contributed by atoms with Gasteiger partial charge in [0.25, 0.3) is 0 Å².